The van der Waals surface area contributed by atoms with Gasteiger partial charge in [-0.3, -0.25) is 14.9 Å². The van der Waals surface area contributed by atoms with Crippen molar-refractivity contribution in [3.05, 3.63) is 64.2 Å². The number of ether oxygens (including phenoxy) is 1. The first-order valence-electron chi connectivity index (χ1n) is 8.02. The van der Waals surface area contributed by atoms with E-state index in [0.29, 0.717) is 32.0 Å². The number of carbonyl (C=O) groups is 1. The van der Waals surface area contributed by atoms with E-state index in [4.69, 9.17) is 4.74 Å². The molecule has 1 fully saturated rings. The van der Waals surface area contributed by atoms with Gasteiger partial charge >= 0.3 is 0 Å². The van der Waals surface area contributed by atoms with Gasteiger partial charge in [0.25, 0.3) is 11.6 Å². The Kier molecular flexibility index (Phi) is 4.95. The number of morpholine rings is 1. The van der Waals surface area contributed by atoms with Gasteiger partial charge < -0.3 is 14.5 Å². The van der Waals surface area contributed by atoms with E-state index in [-0.39, 0.29) is 17.2 Å². The molecular weight excluding hydrogens is 322 g/mol. The molecule has 0 bridgehead atoms. The van der Waals surface area contributed by atoms with Crippen LogP contribution >= 0.6 is 0 Å². The van der Waals surface area contributed by atoms with E-state index in [0.717, 1.165) is 5.69 Å². The van der Waals surface area contributed by atoms with Gasteiger partial charge in [0.2, 0.25) is 0 Å². The first-order chi connectivity index (χ1) is 12.1. The Morgan fingerprint density at radius 1 is 1.16 bits per heavy atom. The fraction of sp³-hybridized carbons (Fsp3) is 0.278. The number of nitro groups is 1. The van der Waals surface area contributed by atoms with E-state index in [1.54, 1.807) is 19.2 Å². The molecule has 0 aromatic heterocycles. The number of rotatable bonds is 4. The van der Waals surface area contributed by atoms with Gasteiger partial charge in [0.05, 0.1) is 18.1 Å². The third-order valence-electron chi connectivity index (χ3n) is 4.22. The summed E-state index contributed by atoms with van der Waals surface area (Å²) in [6.45, 7) is 2.26. The van der Waals surface area contributed by atoms with Gasteiger partial charge in [-0.2, -0.15) is 0 Å². The van der Waals surface area contributed by atoms with Crippen molar-refractivity contribution in [2.45, 2.75) is 0 Å². The number of benzene rings is 2. The monoisotopic (exact) mass is 341 g/mol. The zero-order valence-corrected chi connectivity index (χ0v) is 13.9. The van der Waals surface area contributed by atoms with Crippen molar-refractivity contribution in [1.29, 1.82) is 0 Å². The molecule has 7 heteroatoms. The topological polar surface area (TPSA) is 75.9 Å². The standard InChI is InChI=1S/C18H19N3O4/c1-19(15-5-3-2-4-6-15)18(22)14-7-8-16(17(13-14)21(23)24)20-9-11-25-12-10-20/h2-8,13H,9-12H2,1H3. The van der Waals surface area contributed by atoms with Crippen LogP contribution in [0, 0.1) is 10.1 Å². The van der Waals surface area contributed by atoms with Crippen molar-refractivity contribution in [2.75, 3.05) is 43.2 Å². The summed E-state index contributed by atoms with van der Waals surface area (Å²) in [5.41, 5.74) is 1.48. The number of para-hydroxylation sites is 1. The van der Waals surface area contributed by atoms with Gasteiger partial charge in [0.1, 0.15) is 5.69 Å². The molecule has 7 nitrogen and oxygen atoms in total. The molecule has 1 saturated heterocycles. The van der Waals surface area contributed by atoms with Crippen LogP contribution < -0.4 is 9.80 Å². The molecule has 3 rings (SSSR count). The van der Waals surface area contributed by atoms with E-state index in [1.807, 2.05) is 35.2 Å². The van der Waals surface area contributed by atoms with Crippen LogP contribution in [0.5, 0.6) is 0 Å². The molecule has 0 spiro atoms. The molecule has 0 saturated carbocycles. The summed E-state index contributed by atoms with van der Waals surface area (Å²) < 4.78 is 5.29. The molecule has 0 N–H and O–H groups in total. The van der Waals surface area contributed by atoms with Crippen LogP contribution in [0.1, 0.15) is 10.4 Å². The third kappa shape index (κ3) is 3.61. The largest absolute Gasteiger partial charge is 0.378 e. The number of hydrogen-bond acceptors (Lipinski definition) is 5. The highest BCUT2D eigenvalue weighted by Gasteiger charge is 2.24. The molecule has 1 amide bonds. The molecule has 25 heavy (non-hydrogen) atoms. The van der Waals surface area contributed by atoms with Crippen LogP contribution in [-0.4, -0.2) is 44.2 Å². The Morgan fingerprint density at radius 3 is 2.48 bits per heavy atom. The predicted molar refractivity (Wildman–Crippen MR) is 95.3 cm³/mol. The highest BCUT2D eigenvalue weighted by molar-refractivity contribution is 6.06. The van der Waals surface area contributed by atoms with E-state index in [1.165, 1.54) is 11.0 Å². The van der Waals surface area contributed by atoms with Gasteiger partial charge in [-0.25, -0.2) is 0 Å². The maximum absolute atomic E-state index is 12.7. The summed E-state index contributed by atoms with van der Waals surface area (Å²) in [6.07, 6.45) is 0. The lowest BCUT2D eigenvalue weighted by Gasteiger charge is -2.28. The molecule has 0 radical (unpaired) electrons. The quantitative estimate of drug-likeness (QED) is 0.631. The van der Waals surface area contributed by atoms with E-state index in [2.05, 4.69) is 0 Å². The average Bonchev–Trinajstić information content (AvgIpc) is 2.67. The van der Waals surface area contributed by atoms with Crippen molar-refractivity contribution < 1.29 is 14.5 Å². The van der Waals surface area contributed by atoms with Crippen molar-refractivity contribution in [1.82, 2.24) is 0 Å². The molecule has 0 atom stereocenters. The first kappa shape index (κ1) is 16.9. The second-order valence-electron chi connectivity index (χ2n) is 5.76. The zero-order valence-electron chi connectivity index (χ0n) is 13.9. The van der Waals surface area contributed by atoms with Crippen LogP contribution in [0.3, 0.4) is 0 Å². The Morgan fingerprint density at radius 2 is 1.84 bits per heavy atom. The molecule has 1 aliphatic heterocycles. The van der Waals surface area contributed by atoms with Gasteiger partial charge in [-0.1, -0.05) is 18.2 Å². The summed E-state index contributed by atoms with van der Waals surface area (Å²) in [4.78, 5) is 27.1. The van der Waals surface area contributed by atoms with Gasteiger partial charge in [-0.15, -0.1) is 0 Å². The lowest BCUT2D eigenvalue weighted by atomic mass is 10.1. The van der Waals surface area contributed by atoms with Gasteiger partial charge in [-0.05, 0) is 24.3 Å². The minimum atomic E-state index is -0.440. The fourth-order valence-electron chi connectivity index (χ4n) is 2.84. The number of nitrogens with zero attached hydrogens (tertiary/aromatic N) is 3. The van der Waals surface area contributed by atoms with Crippen LogP contribution in [0.4, 0.5) is 17.1 Å². The van der Waals surface area contributed by atoms with Crippen LogP contribution in [0.2, 0.25) is 0 Å². The second kappa shape index (κ2) is 7.31. The summed E-state index contributed by atoms with van der Waals surface area (Å²) in [7, 11) is 1.65. The molecule has 2 aromatic carbocycles. The maximum atomic E-state index is 12.7. The fourth-order valence-corrected chi connectivity index (χ4v) is 2.84. The summed E-state index contributed by atoms with van der Waals surface area (Å²) in [5.74, 6) is -0.289. The maximum Gasteiger partial charge on any atom is 0.293 e. The Hall–Kier alpha value is -2.93. The number of amides is 1. The summed E-state index contributed by atoms with van der Waals surface area (Å²) in [6, 6.07) is 13.8. The molecular formula is C18H19N3O4. The Balaban J connectivity index is 1.91. The Labute approximate surface area is 145 Å². The molecule has 0 unspecified atom stereocenters. The number of hydrogen-bond donors (Lipinski definition) is 0. The first-order valence-corrected chi connectivity index (χ1v) is 8.02. The molecule has 2 aromatic rings. The lowest BCUT2D eigenvalue weighted by Crippen LogP contribution is -2.36. The van der Waals surface area contributed by atoms with Crippen LogP contribution in [-0.2, 0) is 4.74 Å². The van der Waals surface area contributed by atoms with Crippen molar-refractivity contribution in [2.24, 2.45) is 0 Å². The van der Waals surface area contributed by atoms with Crippen molar-refractivity contribution >= 4 is 23.0 Å². The molecule has 1 aliphatic rings. The SMILES string of the molecule is CN(C(=O)c1ccc(N2CCOCC2)c([N+](=O)[O-])c1)c1ccccc1. The number of carbonyl (C=O) groups excluding carboxylic acids is 1. The normalized spacial score (nSPS) is 14.2. The van der Waals surface area contributed by atoms with Crippen molar-refractivity contribution in [3.63, 3.8) is 0 Å². The van der Waals surface area contributed by atoms with Gasteiger partial charge in [0.15, 0.2) is 0 Å². The number of nitro benzene ring substituents is 1. The smallest absolute Gasteiger partial charge is 0.293 e. The highest BCUT2D eigenvalue weighted by Crippen LogP contribution is 2.30. The van der Waals surface area contributed by atoms with Crippen LogP contribution in [0.25, 0.3) is 0 Å². The number of anilines is 2. The van der Waals surface area contributed by atoms with E-state index < -0.39 is 4.92 Å². The van der Waals surface area contributed by atoms with E-state index >= 15 is 0 Å². The van der Waals surface area contributed by atoms with Crippen molar-refractivity contribution in [3.8, 4) is 0 Å². The minimum absolute atomic E-state index is 0.0609. The zero-order chi connectivity index (χ0) is 17.8. The van der Waals surface area contributed by atoms with E-state index in [9.17, 15) is 14.9 Å². The minimum Gasteiger partial charge on any atom is -0.378 e. The second-order valence-corrected chi connectivity index (χ2v) is 5.76. The predicted octanol–water partition coefficient (Wildman–Crippen LogP) is 2.71. The summed E-state index contributed by atoms with van der Waals surface area (Å²) >= 11 is 0. The lowest BCUT2D eigenvalue weighted by molar-refractivity contribution is -0.384. The third-order valence-corrected chi connectivity index (χ3v) is 4.22. The Bertz CT molecular complexity index is 773. The molecule has 130 valence electrons. The highest BCUT2D eigenvalue weighted by atomic mass is 16.6. The summed E-state index contributed by atoms with van der Waals surface area (Å²) in [5, 5.41) is 11.5. The van der Waals surface area contributed by atoms with Crippen LogP contribution in [0.15, 0.2) is 48.5 Å². The average molecular weight is 341 g/mol. The molecule has 1 heterocycles. The van der Waals surface area contributed by atoms with Gasteiger partial charge in [0, 0.05) is 37.5 Å². The molecule has 0 aliphatic carbocycles.